The molecule has 3 amide bonds. The van der Waals surface area contributed by atoms with Crippen molar-refractivity contribution in [2.75, 3.05) is 11.9 Å². The van der Waals surface area contributed by atoms with E-state index in [9.17, 15) is 9.59 Å². The molecule has 2 aromatic rings. The molecule has 1 aromatic carbocycles. The van der Waals surface area contributed by atoms with Gasteiger partial charge in [0.15, 0.2) is 0 Å². The first-order valence-corrected chi connectivity index (χ1v) is 6.07. The summed E-state index contributed by atoms with van der Waals surface area (Å²) in [6.07, 6.45) is 4.01. The Morgan fingerprint density at radius 1 is 1.25 bits per heavy atom. The third-order valence-corrected chi connectivity index (χ3v) is 2.65. The van der Waals surface area contributed by atoms with E-state index in [-0.39, 0.29) is 5.91 Å². The molecule has 0 unspecified atom stereocenters. The molecule has 2 rings (SSSR count). The molecule has 5 N–H and O–H groups in total. The van der Waals surface area contributed by atoms with Crippen molar-refractivity contribution >= 4 is 17.6 Å². The van der Waals surface area contributed by atoms with Gasteiger partial charge in [0, 0.05) is 36.1 Å². The van der Waals surface area contributed by atoms with Gasteiger partial charge < -0.3 is 21.4 Å². The molecule has 7 nitrogen and oxygen atoms in total. The van der Waals surface area contributed by atoms with Crippen molar-refractivity contribution in [1.29, 1.82) is 0 Å². The second-order valence-electron chi connectivity index (χ2n) is 4.15. The molecule has 0 fully saturated rings. The van der Waals surface area contributed by atoms with Crippen molar-refractivity contribution in [1.82, 2.24) is 15.3 Å². The molecule has 0 saturated heterocycles. The van der Waals surface area contributed by atoms with Gasteiger partial charge in [0.25, 0.3) is 5.91 Å². The van der Waals surface area contributed by atoms with Crippen LogP contribution in [0.3, 0.4) is 0 Å². The van der Waals surface area contributed by atoms with Crippen LogP contribution in [0, 0.1) is 0 Å². The van der Waals surface area contributed by atoms with Crippen LogP contribution in [0.15, 0.2) is 36.8 Å². The monoisotopic (exact) mass is 273 g/mol. The molecule has 20 heavy (non-hydrogen) atoms. The van der Waals surface area contributed by atoms with Crippen LogP contribution >= 0.6 is 0 Å². The molecule has 0 spiro atoms. The highest BCUT2D eigenvalue weighted by atomic mass is 16.2. The Labute approximate surface area is 115 Å². The van der Waals surface area contributed by atoms with Crippen LogP contribution in [0.4, 0.5) is 10.5 Å². The van der Waals surface area contributed by atoms with Crippen molar-refractivity contribution in [3.8, 4) is 0 Å². The normalized spacial score (nSPS) is 10.0. The lowest BCUT2D eigenvalue weighted by Crippen LogP contribution is -2.25. The first kappa shape index (κ1) is 13.6. The van der Waals surface area contributed by atoms with Crippen LogP contribution in [0.5, 0.6) is 0 Å². The number of hydrogen-bond donors (Lipinski definition) is 4. The fourth-order valence-electron chi connectivity index (χ4n) is 1.68. The minimum atomic E-state index is -0.637. The Morgan fingerprint density at radius 2 is 2.00 bits per heavy atom. The predicted molar refractivity (Wildman–Crippen MR) is 74.3 cm³/mol. The molecule has 0 aliphatic carbocycles. The van der Waals surface area contributed by atoms with Gasteiger partial charge in [-0.2, -0.15) is 0 Å². The molecule has 0 radical (unpaired) electrons. The van der Waals surface area contributed by atoms with Gasteiger partial charge in [-0.1, -0.05) is 0 Å². The number of anilines is 1. The zero-order valence-electron chi connectivity index (χ0n) is 10.7. The van der Waals surface area contributed by atoms with E-state index < -0.39 is 6.03 Å². The molecule has 7 heteroatoms. The number of nitrogens with two attached hydrogens (primary N) is 1. The van der Waals surface area contributed by atoms with Crippen molar-refractivity contribution in [3.63, 3.8) is 0 Å². The smallest absolute Gasteiger partial charge is 0.316 e. The van der Waals surface area contributed by atoms with Crippen LogP contribution in [-0.4, -0.2) is 28.5 Å². The number of amides is 3. The van der Waals surface area contributed by atoms with Crippen molar-refractivity contribution in [2.24, 2.45) is 5.73 Å². The lowest BCUT2D eigenvalue weighted by atomic mass is 10.2. The van der Waals surface area contributed by atoms with E-state index in [1.807, 2.05) is 0 Å². The fourth-order valence-corrected chi connectivity index (χ4v) is 1.68. The molecular weight excluding hydrogens is 258 g/mol. The lowest BCUT2D eigenvalue weighted by Gasteiger charge is -2.06. The van der Waals surface area contributed by atoms with Crippen molar-refractivity contribution in [3.05, 3.63) is 48.0 Å². The Kier molecular flexibility index (Phi) is 4.33. The van der Waals surface area contributed by atoms with E-state index in [4.69, 9.17) is 5.73 Å². The molecular formula is C13H15N5O2. The largest absolute Gasteiger partial charge is 0.352 e. The molecule has 104 valence electrons. The maximum Gasteiger partial charge on any atom is 0.316 e. The van der Waals surface area contributed by atoms with E-state index in [0.717, 1.165) is 5.69 Å². The summed E-state index contributed by atoms with van der Waals surface area (Å²) >= 11 is 0. The van der Waals surface area contributed by atoms with Gasteiger partial charge in [-0.25, -0.2) is 9.78 Å². The highest BCUT2D eigenvalue weighted by Gasteiger charge is 2.05. The Balaban J connectivity index is 1.84. The van der Waals surface area contributed by atoms with E-state index in [2.05, 4.69) is 20.6 Å². The van der Waals surface area contributed by atoms with Gasteiger partial charge in [0.2, 0.25) is 0 Å². The van der Waals surface area contributed by atoms with Gasteiger partial charge >= 0.3 is 6.03 Å². The standard InChI is InChI=1S/C13H15N5O2/c14-13(20)18-10-3-1-9(2-4-10)12(19)16-6-5-11-7-15-8-17-11/h1-4,7-8H,5-6H2,(H,15,17)(H,16,19)(H3,14,18,20). The van der Waals surface area contributed by atoms with E-state index >= 15 is 0 Å². The summed E-state index contributed by atoms with van der Waals surface area (Å²) < 4.78 is 0. The van der Waals surface area contributed by atoms with Crippen LogP contribution in [-0.2, 0) is 6.42 Å². The summed E-state index contributed by atoms with van der Waals surface area (Å²) in [5.74, 6) is -0.171. The molecule has 0 aliphatic heterocycles. The van der Waals surface area contributed by atoms with E-state index in [1.54, 1.807) is 36.8 Å². The average molecular weight is 273 g/mol. The summed E-state index contributed by atoms with van der Waals surface area (Å²) in [5.41, 5.74) is 7.03. The minimum absolute atomic E-state index is 0.171. The third-order valence-electron chi connectivity index (χ3n) is 2.65. The number of carbonyl (C=O) groups excluding carboxylic acids is 2. The SMILES string of the molecule is NC(=O)Nc1ccc(C(=O)NCCc2cnc[nH]2)cc1. The zero-order chi connectivity index (χ0) is 14.4. The third kappa shape index (κ3) is 3.84. The zero-order valence-corrected chi connectivity index (χ0v) is 10.7. The van der Waals surface area contributed by atoms with Crippen molar-refractivity contribution < 1.29 is 9.59 Å². The number of carbonyl (C=O) groups is 2. The first-order valence-electron chi connectivity index (χ1n) is 6.07. The van der Waals surface area contributed by atoms with Crippen LogP contribution in [0.2, 0.25) is 0 Å². The highest BCUT2D eigenvalue weighted by molar-refractivity contribution is 5.95. The second-order valence-corrected chi connectivity index (χ2v) is 4.15. The number of imidazole rings is 1. The number of H-pyrrole nitrogens is 1. The summed E-state index contributed by atoms with van der Waals surface area (Å²) in [5, 5.41) is 5.23. The number of urea groups is 1. The number of hydrogen-bond acceptors (Lipinski definition) is 3. The number of benzene rings is 1. The van der Waals surface area contributed by atoms with Crippen LogP contribution < -0.4 is 16.4 Å². The lowest BCUT2D eigenvalue weighted by molar-refractivity contribution is 0.0954. The van der Waals surface area contributed by atoms with Crippen LogP contribution in [0.25, 0.3) is 0 Å². The van der Waals surface area contributed by atoms with Gasteiger partial charge in [0.1, 0.15) is 0 Å². The number of primary amides is 1. The molecule has 0 atom stereocenters. The van der Waals surface area contributed by atoms with E-state index in [1.165, 1.54) is 0 Å². The van der Waals surface area contributed by atoms with Crippen LogP contribution in [0.1, 0.15) is 16.1 Å². The van der Waals surface area contributed by atoms with Crippen molar-refractivity contribution in [2.45, 2.75) is 6.42 Å². The van der Waals surface area contributed by atoms with Gasteiger partial charge in [-0.15, -0.1) is 0 Å². The second kappa shape index (κ2) is 6.37. The Bertz CT molecular complexity index is 577. The van der Waals surface area contributed by atoms with Gasteiger partial charge in [-0.3, -0.25) is 4.79 Å². The molecule has 1 aromatic heterocycles. The maximum atomic E-state index is 11.9. The number of nitrogens with zero attached hydrogens (tertiary/aromatic N) is 1. The van der Waals surface area contributed by atoms with Gasteiger partial charge in [-0.05, 0) is 24.3 Å². The van der Waals surface area contributed by atoms with Gasteiger partial charge in [0.05, 0.1) is 6.33 Å². The quantitative estimate of drug-likeness (QED) is 0.648. The maximum absolute atomic E-state index is 11.9. The Morgan fingerprint density at radius 3 is 2.60 bits per heavy atom. The number of aromatic nitrogens is 2. The summed E-state index contributed by atoms with van der Waals surface area (Å²) in [4.78, 5) is 29.4. The summed E-state index contributed by atoms with van der Waals surface area (Å²) in [6, 6.07) is 5.85. The summed E-state index contributed by atoms with van der Waals surface area (Å²) in [7, 11) is 0. The minimum Gasteiger partial charge on any atom is -0.352 e. The predicted octanol–water partition coefficient (Wildman–Crippen LogP) is 0.873. The number of aromatic amines is 1. The molecule has 1 heterocycles. The van der Waals surface area contributed by atoms with E-state index in [0.29, 0.717) is 24.2 Å². The Hall–Kier alpha value is -2.83. The fraction of sp³-hybridized carbons (Fsp3) is 0.154. The highest BCUT2D eigenvalue weighted by Crippen LogP contribution is 2.09. The molecule has 0 aliphatic rings. The average Bonchev–Trinajstić information content (AvgIpc) is 2.92. The number of nitrogens with one attached hydrogen (secondary N) is 3. The summed E-state index contributed by atoms with van der Waals surface area (Å²) in [6.45, 7) is 0.516. The first-order chi connectivity index (χ1) is 9.65. The molecule has 0 bridgehead atoms. The number of rotatable bonds is 5. The topological polar surface area (TPSA) is 113 Å². The molecule has 0 saturated carbocycles.